The van der Waals surface area contributed by atoms with Crippen molar-refractivity contribution in [2.75, 3.05) is 0 Å². The van der Waals surface area contributed by atoms with Crippen LogP contribution in [0.1, 0.15) is 76.0 Å². The summed E-state index contributed by atoms with van der Waals surface area (Å²) in [5.41, 5.74) is -0.383. The van der Waals surface area contributed by atoms with Crippen LogP contribution in [0.15, 0.2) is 23.5 Å². The SMILES string of the molecule is CCc1ccc(C(C2=C(O)CC(C)(C)CC2=O)C2C(=O)CC(C)(C)CC2=O)s1. The van der Waals surface area contributed by atoms with Gasteiger partial charge >= 0.3 is 0 Å². The molecule has 1 aromatic heterocycles. The Hall–Kier alpha value is -1.75. The molecule has 1 heterocycles. The lowest BCUT2D eigenvalue weighted by atomic mass is 9.64. The Morgan fingerprint density at radius 1 is 1.00 bits per heavy atom. The normalized spacial score (nSPS) is 24.0. The van der Waals surface area contributed by atoms with Gasteiger partial charge in [-0.1, -0.05) is 34.6 Å². The topological polar surface area (TPSA) is 71.4 Å². The van der Waals surface area contributed by atoms with Crippen molar-refractivity contribution in [1.29, 1.82) is 0 Å². The number of hydrogen-bond donors (Lipinski definition) is 1. The maximum absolute atomic E-state index is 13.1. The van der Waals surface area contributed by atoms with Crippen molar-refractivity contribution in [2.45, 2.75) is 72.6 Å². The average molecular weight is 403 g/mol. The molecular weight excluding hydrogens is 372 g/mol. The van der Waals surface area contributed by atoms with Gasteiger partial charge < -0.3 is 5.11 Å². The molecule has 1 aromatic rings. The summed E-state index contributed by atoms with van der Waals surface area (Å²) in [6, 6.07) is 3.91. The summed E-state index contributed by atoms with van der Waals surface area (Å²) in [6.45, 7) is 9.81. The summed E-state index contributed by atoms with van der Waals surface area (Å²) in [4.78, 5) is 41.2. The number of rotatable bonds is 4. The molecule has 1 N–H and O–H groups in total. The van der Waals surface area contributed by atoms with Crippen LogP contribution in [0.2, 0.25) is 0 Å². The van der Waals surface area contributed by atoms with Gasteiger partial charge in [-0.15, -0.1) is 11.3 Å². The third-order valence-electron chi connectivity index (χ3n) is 5.88. The van der Waals surface area contributed by atoms with E-state index in [1.54, 1.807) is 0 Å². The smallest absolute Gasteiger partial charge is 0.163 e. The molecule has 0 radical (unpaired) electrons. The van der Waals surface area contributed by atoms with E-state index in [1.165, 1.54) is 11.3 Å². The first-order chi connectivity index (χ1) is 12.9. The van der Waals surface area contributed by atoms with Gasteiger partial charge in [-0.25, -0.2) is 0 Å². The van der Waals surface area contributed by atoms with E-state index in [0.29, 0.717) is 25.7 Å². The van der Waals surface area contributed by atoms with Crippen LogP contribution < -0.4 is 0 Å². The molecule has 28 heavy (non-hydrogen) atoms. The van der Waals surface area contributed by atoms with Crippen LogP contribution in [-0.4, -0.2) is 22.5 Å². The second-order valence-corrected chi connectivity index (χ2v) is 11.1. The van der Waals surface area contributed by atoms with Crippen molar-refractivity contribution < 1.29 is 19.5 Å². The monoisotopic (exact) mass is 402 g/mol. The number of aliphatic hydroxyl groups excluding tert-OH is 1. The standard InChI is InChI=1S/C23H30O4S/c1-6-13-7-8-18(28-13)21(19-14(24)9-22(2,3)10-15(19)25)20-16(26)11-23(4,5)12-17(20)27/h7-8,19,21,26H,6,9-12H2,1-5H3. The van der Waals surface area contributed by atoms with Crippen LogP contribution in [0.25, 0.3) is 0 Å². The first-order valence-electron chi connectivity index (χ1n) is 10.0. The highest BCUT2D eigenvalue weighted by atomic mass is 32.1. The maximum atomic E-state index is 13.1. The molecule has 0 saturated heterocycles. The van der Waals surface area contributed by atoms with Gasteiger partial charge in [-0.05, 0) is 29.4 Å². The maximum Gasteiger partial charge on any atom is 0.163 e. The van der Waals surface area contributed by atoms with Crippen LogP contribution >= 0.6 is 11.3 Å². The fraction of sp³-hybridized carbons (Fsp3) is 0.609. The molecule has 0 aromatic carbocycles. The van der Waals surface area contributed by atoms with E-state index in [-0.39, 0.29) is 39.5 Å². The molecule has 5 heteroatoms. The van der Waals surface area contributed by atoms with E-state index in [9.17, 15) is 19.5 Å². The van der Waals surface area contributed by atoms with Crippen LogP contribution in [-0.2, 0) is 20.8 Å². The van der Waals surface area contributed by atoms with Crippen molar-refractivity contribution in [3.63, 3.8) is 0 Å². The minimum Gasteiger partial charge on any atom is -0.512 e. The van der Waals surface area contributed by atoms with Gasteiger partial charge in [0.05, 0.1) is 5.92 Å². The number of thiophene rings is 1. The predicted molar refractivity (Wildman–Crippen MR) is 111 cm³/mol. The number of aryl methyl sites for hydroxylation is 1. The highest BCUT2D eigenvalue weighted by Crippen LogP contribution is 2.48. The molecule has 1 atom stereocenters. The minimum absolute atomic E-state index is 0.0446. The zero-order chi connectivity index (χ0) is 20.9. The van der Waals surface area contributed by atoms with Gasteiger partial charge in [0.1, 0.15) is 17.3 Å². The van der Waals surface area contributed by atoms with E-state index in [1.807, 2.05) is 39.8 Å². The quantitative estimate of drug-likeness (QED) is 0.705. The van der Waals surface area contributed by atoms with E-state index >= 15 is 0 Å². The third kappa shape index (κ3) is 4.00. The Morgan fingerprint density at radius 2 is 1.57 bits per heavy atom. The van der Waals surface area contributed by atoms with Crippen LogP contribution in [0, 0.1) is 16.7 Å². The van der Waals surface area contributed by atoms with Gasteiger partial charge in [0.25, 0.3) is 0 Å². The lowest BCUT2D eigenvalue weighted by Gasteiger charge is -2.38. The van der Waals surface area contributed by atoms with Gasteiger partial charge in [0.15, 0.2) is 5.78 Å². The van der Waals surface area contributed by atoms with Crippen LogP contribution in [0.5, 0.6) is 0 Å². The fourth-order valence-electron chi connectivity index (χ4n) is 4.66. The van der Waals surface area contributed by atoms with Crippen molar-refractivity contribution >= 4 is 28.7 Å². The van der Waals surface area contributed by atoms with Crippen LogP contribution in [0.3, 0.4) is 0 Å². The van der Waals surface area contributed by atoms with Crippen molar-refractivity contribution in [1.82, 2.24) is 0 Å². The molecule has 4 nitrogen and oxygen atoms in total. The lowest BCUT2D eigenvalue weighted by Crippen LogP contribution is -2.42. The lowest BCUT2D eigenvalue weighted by molar-refractivity contribution is -0.140. The number of Topliss-reactive ketones (excluding diaryl/α,β-unsaturated/α-hetero) is 3. The molecular formula is C23H30O4S. The largest absolute Gasteiger partial charge is 0.512 e. The Bertz CT molecular complexity index is 836. The average Bonchev–Trinajstić information content (AvgIpc) is 2.98. The number of aliphatic hydroxyl groups is 1. The summed E-state index contributed by atoms with van der Waals surface area (Å²) >= 11 is 1.53. The van der Waals surface area contributed by atoms with Crippen molar-refractivity contribution in [2.24, 2.45) is 16.7 Å². The molecule has 2 aliphatic carbocycles. The number of carbonyl (C=O) groups excluding carboxylic acids is 3. The number of allylic oxidation sites excluding steroid dienone is 2. The highest BCUT2D eigenvalue weighted by molar-refractivity contribution is 7.12. The first-order valence-corrected chi connectivity index (χ1v) is 10.8. The van der Waals surface area contributed by atoms with Crippen molar-refractivity contribution in [3.8, 4) is 0 Å². The predicted octanol–water partition coefficient (Wildman–Crippen LogP) is 5.17. The molecule has 152 valence electrons. The zero-order valence-electron chi connectivity index (χ0n) is 17.4. The second kappa shape index (κ2) is 7.25. The van der Waals surface area contributed by atoms with Gasteiger partial charge in [-0.2, -0.15) is 0 Å². The van der Waals surface area contributed by atoms with E-state index in [2.05, 4.69) is 6.92 Å². The molecule has 1 saturated carbocycles. The zero-order valence-corrected chi connectivity index (χ0v) is 18.2. The Balaban J connectivity index is 2.13. The summed E-state index contributed by atoms with van der Waals surface area (Å²) in [5, 5.41) is 10.8. The summed E-state index contributed by atoms with van der Waals surface area (Å²) in [6.07, 6.45) is 2.19. The molecule has 2 aliphatic rings. The number of carbonyl (C=O) groups is 3. The van der Waals surface area contributed by atoms with Gasteiger partial charge in [0, 0.05) is 46.9 Å². The molecule has 0 bridgehead atoms. The number of ketones is 3. The Kier molecular flexibility index (Phi) is 5.43. The summed E-state index contributed by atoms with van der Waals surface area (Å²) < 4.78 is 0. The van der Waals surface area contributed by atoms with E-state index in [0.717, 1.165) is 16.2 Å². The second-order valence-electron chi connectivity index (χ2n) is 9.86. The molecule has 1 unspecified atom stereocenters. The van der Waals surface area contributed by atoms with Crippen molar-refractivity contribution in [3.05, 3.63) is 33.2 Å². The van der Waals surface area contributed by atoms with Gasteiger partial charge in [-0.3, -0.25) is 14.4 Å². The molecule has 0 aliphatic heterocycles. The van der Waals surface area contributed by atoms with Crippen LogP contribution in [0.4, 0.5) is 0 Å². The molecule has 0 spiro atoms. The first kappa shape index (κ1) is 21.0. The van der Waals surface area contributed by atoms with E-state index in [4.69, 9.17) is 0 Å². The fourth-order valence-corrected chi connectivity index (χ4v) is 5.76. The highest BCUT2D eigenvalue weighted by Gasteiger charge is 2.48. The van der Waals surface area contributed by atoms with E-state index < -0.39 is 11.8 Å². The summed E-state index contributed by atoms with van der Waals surface area (Å²) in [5.74, 6) is -1.87. The summed E-state index contributed by atoms with van der Waals surface area (Å²) in [7, 11) is 0. The third-order valence-corrected chi connectivity index (χ3v) is 7.19. The Labute approximate surface area is 171 Å². The molecule has 1 fully saturated rings. The number of hydrogen-bond acceptors (Lipinski definition) is 5. The Morgan fingerprint density at radius 3 is 2.07 bits per heavy atom. The molecule has 3 rings (SSSR count). The molecule has 0 amide bonds. The minimum atomic E-state index is -0.876. The van der Waals surface area contributed by atoms with Gasteiger partial charge in [0.2, 0.25) is 0 Å².